The van der Waals surface area contributed by atoms with Crippen LogP contribution >= 0.6 is 0 Å². The summed E-state index contributed by atoms with van der Waals surface area (Å²) in [6, 6.07) is 0.661. The van der Waals surface area contributed by atoms with Crippen molar-refractivity contribution in [3.05, 3.63) is 24.8 Å². The van der Waals surface area contributed by atoms with Crippen LogP contribution in [0.25, 0.3) is 11.2 Å². The number of imidazole rings is 1. The Balaban J connectivity index is 1.36. The van der Waals surface area contributed by atoms with Crippen molar-refractivity contribution < 1.29 is 24.1 Å². The Hall–Kier alpha value is -2.60. The zero-order chi connectivity index (χ0) is 24.2. The standard InChI is InChI=1S/C23H32N6O5/c1-12(2)28(14-7-13(8-14)5-6-16(30)31)9-15-18-19(34-23(3,4)33-18)22(32-15)29-11-27-17-20(24)25-10-26-21(17)29/h5-6,10-15,18-19,22H,7-9H2,1-4H3,(H,30,31)(H2,24,25,26)/t13-,14-,15-,18-,19-,22-/m1/s1. The van der Waals surface area contributed by atoms with Gasteiger partial charge in [0.2, 0.25) is 0 Å². The number of carboxylic acids is 1. The lowest BCUT2D eigenvalue weighted by atomic mass is 9.78. The average Bonchev–Trinajstić information content (AvgIpc) is 3.37. The zero-order valence-electron chi connectivity index (χ0n) is 19.9. The maximum atomic E-state index is 10.8. The van der Waals surface area contributed by atoms with Crippen molar-refractivity contribution >= 4 is 23.0 Å². The summed E-state index contributed by atoms with van der Waals surface area (Å²) in [4.78, 5) is 26.0. The van der Waals surface area contributed by atoms with Crippen LogP contribution < -0.4 is 5.73 Å². The first-order valence-electron chi connectivity index (χ1n) is 11.7. The van der Waals surface area contributed by atoms with Crippen LogP contribution in [-0.4, -0.2) is 78.2 Å². The third-order valence-electron chi connectivity index (χ3n) is 6.97. The molecule has 2 saturated heterocycles. The first kappa shape index (κ1) is 23.2. The van der Waals surface area contributed by atoms with Gasteiger partial charge >= 0.3 is 5.97 Å². The third kappa shape index (κ3) is 4.17. The fraction of sp³-hybridized carbons (Fsp3) is 0.652. The van der Waals surface area contributed by atoms with E-state index < -0.39 is 18.0 Å². The molecule has 184 valence electrons. The maximum Gasteiger partial charge on any atom is 0.327 e. The highest BCUT2D eigenvalue weighted by Crippen LogP contribution is 2.45. The monoisotopic (exact) mass is 472 g/mol. The van der Waals surface area contributed by atoms with Gasteiger partial charge in [-0.2, -0.15) is 0 Å². The molecule has 3 fully saturated rings. The molecule has 1 saturated carbocycles. The predicted molar refractivity (Wildman–Crippen MR) is 123 cm³/mol. The van der Waals surface area contributed by atoms with Crippen molar-refractivity contribution in [2.75, 3.05) is 12.3 Å². The Kier molecular flexibility index (Phi) is 5.83. The van der Waals surface area contributed by atoms with Gasteiger partial charge < -0.3 is 25.1 Å². The van der Waals surface area contributed by atoms with Crippen LogP contribution in [0, 0.1) is 5.92 Å². The fourth-order valence-electron chi connectivity index (χ4n) is 5.35. The highest BCUT2D eigenvalue weighted by Gasteiger charge is 2.56. The van der Waals surface area contributed by atoms with E-state index in [0.717, 1.165) is 12.8 Å². The van der Waals surface area contributed by atoms with Crippen molar-refractivity contribution in [2.45, 2.75) is 82.9 Å². The van der Waals surface area contributed by atoms with E-state index in [-0.39, 0.29) is 18.3 Å². The molecule has 0 bridgehead atoms. The summed E-state index contributed by atoms with van der Waals surface area (Å²) in [6.45, 7) is 8.85. The first-order valence-corrected chi connectivity index (χ1v) is 11.7. The van der Waals surface area contributed by atoms with Gasteiger partial charge in [0.1, 0.15) is 30.2 Å². The summed E-state index contributed by atoms with van der Waals surface area (Å²) in [5, 5.41) is 8.89. The van der Waals surface area contributed by atoms with Gasteiger partial charge in [0.05, 0.1) is 6.33 Å². The van der Waals surface area contributed by atoms with E-state index in [1.807, 2.05) is 18.4 Å². The highest BCUT2D eigenvalue weighted by atomic mass is 16.8. The minimum Gasteiger partial charge on any atom is -0.478 e. The minimum absolute atomic E-state index is 0.218. The Morgan fingerprint density at radius 1 is 1.29 bits per heavy atom. The molecular formula is C23H32N6O5. The van der Waals surface area contributed by atoms with Gasteiger partial charge in [-0.3, -0.25) is 9.47 Å². The number of aromatic nitrogens is 4. The number of carboxylic acid groups (broad SMARTS) is 1. The molecular weight excluding hydrogens is 440 g/mol. The predicted octanol–water partition coefficient (Wildman–Crippen LogP) is 1.96. The molecule has 3 N–H and O–H groups in total. The normalized spacial score (nSPS) is 32.6. The summed E-state index contributed by atoms with van der Waals surface area (Å²) in [5.41, 5.74) is 7.11. The second-order valence-corrected chi connectivity index (χ2v) is 10.1. The Morgan fingerprint density at radius 2 is 2.03 bits per heavy atom. The third-order valence-corrected chi connectivity index (χ3v) is 6.97. The van der Waals surface area contributed by atoms with Crippen LogP contribution in [0.4, 0.5) is 5.82 Å². The van der Waals surface area contributed by atoms with Crippen LogP contribution in [0.5, 0.6) is 0 Å². The number of aliphatic carboxylic acids is 1. The van der Waals surface area contributed by atoms with E-state index in [2.05, 4.69) is 33.7 Å². The Morgan fingerprint density at radius 3 is 2.74 bits per heavy atom. The number of carbonyl (C=O) groups is 1. The molecule has 2 aliphatic heterocycles. The molecule has 2 aromatic heterocycles. The molecule has 2 aromatic rings. The smallest absolute Gasteiger partial charge is 0.327 e. The number of anilines is 1. The molecule has 4 atom stereocenters. The van der Waals surface area contributed by atoms with Crippen LogP contribution in [0.1, 0.15) is 46.8 Å². The first-order chi connectivity index (χ1) is 16.1. The molecule has 0 spiro atoms. The van der Waals surface area contributed by atoms with E-state index >= 15 is 0 Å². The molecule has 5 rings (SSSR count). The lowest BCUT2D eigenvalue weighted by Crippen LogP contribution is -2.52. The van der Waals surface area contributed by atoms with Crippen LogP contribution in [0.2, 0.25) is 0 Å². The number of allylic oxidation sites excluding steroid dienone is 1. The number of nitrogens with two attached hydrogens (primary N) is 1. The summed E-state index contributed by atoms with van der Waals surface area (Å²) >= 11 is 0. The molecule has 34 heavy (non-hydrogen) atoms. The SMILES string of the molecule is CC(C)N(C[C@H]1O[C@@H](n2cnc3c(N)ncnc32)[C@@H]2OC(C)(C)O[C@@H]21)[C@H]1C[C@H](C=CC(=O)O)C1. The summed E-state index contributed by atoms with van der Waals surface area (Å²) < 4.78 is 21.0. The van der Waals surface area contributed by atoms with Crippen LogP contribution in [0.3, 0.4) is 0 Å². The molecule has 0 radical (unpaired) electrons. The molecule has 4 heterocycles. The minimum atomic E-state index is -0.902. The quantitative estimate of drug-likeness (QED) is 0.575. The number of hydrogen-bond acceptors (Lipinski definition) is 9. The second-order valence-electron chi connectivity index (χ2n) is 10.1. The molecule has 0 amide bonds. The van der Waals surface area contributed by atoms with E-state index in [1.165, 1.54) is 12.4 Å². The van der Waals surface area contributed by atoms with Gasteiger partial charge in [-0.25, -0.2) is 19.7 Å². The fourth-order valence-corrected chi connectivity index (χ4v) is 5.35. The maximum absolute atomic E-state index is 10.8. The van der Waals surface area contributed by atoms with Crippen molar-refractivity contribution in [3.63, 3.8) is 0 Å². The number of nitrogens with zero attached hydrogens (tertiary/aromatic N) is 5. The van der Waals surface area contributed by atoms with Crippen molar-refractivity contribution in [1.29, 1.82) is 0 Å². The number of fused-ring (bicyclic) bond motifs is 2. The van der Waals surface area contributed by atoms with Gasteiger partial charge in [0.25, 0.3) is 0 Å². The summed E-state index contributed by atoms with van der Waals surface area (Å²) in [7, 11) is 0. The number of rotatable bonds is 7. The molecule has 11 heteroatoms. The Labute approximate surface area is 197 Å². The van der Waals surface area contributed by atoms with Gasteiger partial charge in [-0.05, 0) is 46.5 Å². The number of ether oxygens (including phenoxy) is 3. The average molecular weight is 473 g/mol. The largest absolute Gasteiger partial charge is 0.478 e. The topological polar surface area (TPSA) is 138 Å². The van der Waals surface area contributed by atoms with Gasteiger partial charge in [0.15, 0.2) is 23.5 Å². The van der Waals surface area contributed by atoms with E-state index in [4.69, 9.17) is 25.1 Å². The highest BCUT2D eigenvalue weighted by molar-refractivity contribution is 5.81. The molecule has 1 aliphatic carbocycles. The zero-order valence-corrected chi connectivity index (χ0v) is 19.9. The Bertz CT molecular complexity index is 1090. The molecule has 0 aromatic carbocycles. The van der Waals surface area contributed by atoms with Crippen molar-refractivity contribution in [3.8, 4) is 0 Å². The van der Waals surface area contributed by atoms with Crippen LogP contribution in [-0.2, 0) is 19.0 Å². The van der Waals surface area contributed by atoms with Gasteiger partial charge in [0, 0.05) is 24.7 Å². The second kappa shape index (κ2) is 8.56. The van der Waals surface area contributed by atoms with Crippen molar-refractivity contribution in [1.82, 2.24) is 24.4 Å². The lowest BCUT2D eigenvalue weighted by Gasteiger charge is -2.45. The van der Waals surface area contributed by atoms with Gasteiger partial charge in [-0.15, -0.1) is 0 Å². The summed E-state index contributed by atoms with van der Waals surface area (Å²) in [6.07, 6.45) is 6.73. The van der Waals surface area contributed by atoms with Gasteiger partial charge in [-0.1, -0.05) is 6.08 Å². The molecule has 11 nitrogen and oxygen atoms in total. The van der Waals surface area contributed by atoms with E-state index in [0.29, 0.717) is 41.5 Å². The van der Waals surface area contributed by atoms with Crippen molar-refractivity contribution in [2.24, 2.45) is 5.92 Å². The number of hydrogen-bond donors (Lipinski definition) is 2. The lowest BCUT2D eigenvalue weighted by molar-refractivity contribution is -0.199. The van der Waals surface area contributed by atoms with Crippen LogP contribution in [0.15, 0.2) is 24.8 Å². The molecule has 0 unspecified atom stereocenters. The number of nitrogen functional groups attached to an aromatic ring is 1. The summed E-state index contributed by atoms with van der Waals surface area (Å²) in [5.74, 6) is -1.02. The van der Waals surface area contributed by atoms with E-state index in [1.54, 1.807) is 12.4 Å². The van der Waals surface area contributed by atoms with E-state index in [9.17, 15) is 4.79 Å². The molecule has 3 aliphatic rings.